The number of carbonyl (C=O) groups is 1. The van der Waals surface area contributed by atoms with Crippen molar-refractivity contribution in [3.8, 4) is 11.5 Å². The molecule has 0 unspecified atom stereocenters. The van der Waals surface area contributed by atoms with Crippen LogP contribution in [0.2, 0.25) is 0 Å². The summed E-state index contributed by atoms with van der Waals surface area (Å²) in [4.78, 5) is 16.7. The minimum Gasteiger partial charge on any atom is -0.497 e. The molecule has 0 bridgehead atoms. The zero-order valence-corrected chi connectivity index (χ0v) is 18.0. The third-order valence-corrected chi connectivity index (χ3v) is 5.30. The number of rotatable bonds is 4. The molecule has 2 aromatic carbocycles. The summed E-state index contributed by atoms with van der Waals surface area (Å²) in [6, 6.07) is 13.8. The third kappa shape index (κ3) is 4.94. The van der Waals surface area contributed by atoms with Crippen molar-refractivity contribution in [2.45, 2.75) is 26.2 Å². The lowest BCUT2D eigenvalue weighted by Crippen LogP contribution is -2.50. The molecule has 156 valence electrons. The number of ether oxygens (including phenoxy) is 2. The molecule has 1 N–H and O–H groups in total. The molecule has 2 amide bonds. The SMILES string of the molecule is COc1ccc(N2CCN(C(=O)Nc3ccc(C(C)(C)C)cc3)CC2)c(OC)c1. The normalized spacial score (nSPS) is 14.5. The van der Waals surface area contributed by atoms with E-state index in [1.165, 1.54) is 5.56 Å². The van der Waals surface area contributed by atoms with Crippen LogP contribution < -0.4 is 19.7 Å². The first-order valence-corrected chi connectivity index (χ1v) is 9.95. The molecule has 0 radical (unpaired) electrons. The van der Waals surface area contributed by atoms with Crippen molar-refractivity contribution in [2.75, 3.05) is 50.6 Å². The molecule has 1 fully saturated rings. The van der Waals surface area contributed by atoms with Crippen LogP contribution in [0.1, 0.15) is 26.3 Å². The number of nitrogens with zero attached hydrogens (tertiary/aromatic N) is 2. The van der Waals surface area contributed by atoms with E-state index in [-0.39, 0.29) is 11.4 Å². The van der Waals surface area contributed by atoms with Crippen molar-refractivity contribution in [2.24, 2.45) is 0 Å². The zero-order chi connectivity index (χ0) is 21.0. The number of methoxy groups -OCH3 is 2. The van der Waals surface area contributed by atoms with Gasteiger partial charge in [-0.2, -0.15) is 0 Å². The molecule has 1 aliphatic rings. The number of carbonyl (C=O) groups excluding carboxylic acids is 1. The summed E-state index contributed by atoms with van der Waals surface area (Å²) in [6.45, 7) is 9.34. The summed E-state index contributed by atoms with van der Waals surface area (Å²) in [7, 11) is 3.30. The van der Waals surface area contributed by atoms with E-state index in [1.54, 1.807) is 14.2 Å². The van der Waals surface area contributed by atoms with E-state index < -0.39 is 0 Å². The fraction of sp³-hybridized carbons (Fsp3) is 0.435. The van der Waals surface area contributed by atoms with E-state index in [0.29, 0.717) is 13.1 Å². The van der Waals surface area contributed by atoms with E-state index in [4.69, 9.17) is 9.47 Å². The molecule has 6 nitrogen and oxygen atoms in total. The van der Waals surface area contributed by atoms with Crippen LogP contribution in [0.3, 0.4) is 0 Å². The van der Waals surface area contributed by atoms with Gasteiger partial charge in [0.2, 0.25) is 0 Å². The molecule has 0 saturated carbocycles. The first-order chi connectivity index (χ1) is 13.8. The predicted molar refractivity (Wildman–Crippen MR) is 117 cm³/mol. The molecule has 2 aromatic rings. The molecule has 1 saturated heterocycles. The molecule has 0 atom stereocenters. The van der Waals surface area contributed by atoms with Crippen molar-refractivity contribution >= 4 is 17.4 Å². The molecular weight excluding hydrogens is 366 g/mol. The van der Waals surface area contributed by atoms with Crippen molar-refractivity contribution in [3.05, 3.63) is 48.0 Å². The van der Waals surface area contributed by atoms with Gasteiger partial charge in [0.1, 0.15) is 11.5 Å². The van der Waals surface area contributed by atoms with Gasteiger partial charge in [-0.1, -0.05) is 32.9 Å². The lowest BCUT2D eigenvalue weighted by Gasteiger charge is -2.36. The maximum absolute atomic E-state index is 12.7. The Kier molecular flexibility index (Phi) is 6.20. The van der Waals surface area contributed by atoms with Crippen LogP contribution in [0, 0.1) is 0 Å². The van der Waals surface area contributed by atoms with Gasteiger partial charge in [-0.3, -0.25) is 0 Å². The van der Waals surface area contributed by atoms with Crippen LogP contribution in [0.15, 0.2) is 42.5 Å². The van der Waals surface area contributed by atoms with Gasteiger partial charge in [0.05, 0.1) is 19.9 Å². The first-order valence-electron chi connectivity index (χ1n) is 9.95. The molecule has 0 aliphatic carbocycles. The second-order valence-corrected chi connectivity index (χ2v) is 8.27. The summed E-state index contributed by atoms with van der Waals surface area (Å²) in [5, 5.41) is 3.01. The van der Waals surface area contributed by atoms with Crippen LogP contribution in [0.5, 0.6) is 11.5 Å². The molecule has 0 spiro atoms. The lowest BCUT2D eigenvalue weighted by atomic mass is 9.87. The maximum Gasteiger partial charge on any atom is 0.321 e. The monoisotopic (exact) mass is 397 g/mol. The lowest BCUT2D eigenvalue weighted by molar-refractivity contribution is 0.208. The van der Waals surface area contributed by atoms with E-state index >= 15 is 0 Å². The molecule has 1 heterocycles. The van der Waals surface area contributed by atoms with Crippen molar-refractivity contribution in [3.63, 3.8) is 0 Å². The Morgan fingerprint density at radius 3 is 2.14 bits per heavy atom. The number of anilines is 2. The summed E-state index contributed by atoms with van der Waals surface area (Å²) >= 11 is 0. The Labute approximate surface area is 173 Å². The summed E-state index contributed by atoms with van der Waals surface area (Å²) in [5.74, 6) is 1.54. The first kappa shape index (κ1) is 20.8. The Morgan fingerprint density at radius 2 is 1.59 bits per heavy atom. The van der Waals surface area contributed by atoms with Gasteiger partial charge in [0.15, 0.2) is 0 Å². The van der Waals surface area contributed by atoms with Gasteiger partial charge in [-0.25, -0.2) is 4.79 Å². The van der Waals surface area contributed by atoms with Gasteiger partial charge >= 0.3 is 6.03 Å². The van der Waals surface area contributed by atoms with Crippen molar-refractivity contribution in [1.29, 1.82) is 0 Å². The van der Waals surface area contributed by atoms with Crippen molar-refractivity contribution in [1.82, 2.24) is 4.90 Å². The third-order valence-electron chi connectivity index (χ3n) is 5.30. The van der Waals surface area contributed by atoms with Gasteiger partial charge in [-0.05, 0) is 35.2 Å². The number of hydrogen-bond donors (Lipinski definition) is 1. The Morgan fingerprint density at radius 1 is 0.931 bits per heavy atom. The number of amides is 2. The minimum absolute atomic E-state index is 0.0603. The average Bonchev–Trinajstić information content (AvgIpc) is 2.73. The molecular formula is C23H31N3O3. The Bertz CT molecular complexity index is 835. The zero-order valence-electron chi connectivity index (χ0n) is 18.0. The molecule has 0 aromatic heterocycles. The number of urea groups is 1. The molecule has 1 aliphatic heterocycles. The summed E-state index contributed by atoms with van der Waals surface area (Å²) in [5.41, 5.74) is 3.19. The predicted octanol–water partition coefficient (Wildman–Crippen LogP) is 4.36. The quantitative estimate of drug-likeness (QED) is 0.833. The van der Waals surface area contributed by atoms with Gasteiger partial charge in [0.25, 0.3) is 0 Å². The standard InChI is InChI=1S/C23H31N3O3/c1-23(2,3)17-6-8-18(9-7-17)24-22(27)26-14-12-25(13-15-26)20-11-10-19(28-4)16-21(20)29-5/h6-11,16H,12-15H2,1-5H3,(H,24,27). The Hall–Kier alpha value is -2.89. The van der Waals surface area contributed by atoms with Crippen LogP contribution >= 0.6 is 0 Å². The number of piperazine rings is 1. The molecule has 29 heavy (non-hydrogen) atoms. The number of hydrogen-bond acceptors (Lipinski definition) is 4. The van der Waals surface area contributed by atoms with Crippen LogP contribution in [0.25, 0.3) is 0 Å². The highest BCUT2D eigenvalue weighted by Crippen LogP contribution is 2.32. The van der Waals surface area contributed by atoms with Gasteiger partial charge < -0.3 is 24.6 Å². The van der Waals surface area contributed by atoms with Gasteiger partial charge in [0, 0.05) is 37.9 Å². The highest BCUT2D eigenvalue weighted by atomic mass is 16.5. The van der Waals surface area contributed by atoms with E-state index in [9.17, 15) is 4.79 Å². The Balaban J connectivity index is 1.58. The van der Waals surface area contributed by atoms with Crippen LogP contribution in [-0.2, 0) is 5.41 Å². The molecule has 3 rings (SSSR count). The summed E-state index contributed by atoms with van der Waals surface area (Å²) in [6.07, 6.45) is 0. The van der Waals surface area contributed by atoms with Crippen LogP contribution in [-0.4, -0.2) is 51.3 Å². The largest absolute Gasteiger partial charge is 0.497 e. The smallest absolute Gasteiger partial charge is 0.321 e. The number of nitrogens with one attached hydrogen (secondary N) is 1. The summed E-state index contributed by atoms with van der Waals surface area (Å²) < 4.78 is 10.8. The average molecular weight is 398 g/mol. The molecule has 6 heteroatoms. The van der Waals surface area contributed by atoms with E-state index in [1.807, 2.05) is 35.2 Å². The second-order valence-electron chi connectivity index (χ2n) is 8.27. The maximum atomic E-state index is 12.7. The fourth-order valence-corrected chi connectivity index (χ4v) is 3.45. The topological polar surface area (TPSA) is 54.0 Å². The highest BCUT2D eigenvalue weighted by molar-refractivity contribution is 5.89. The van der Waals surface area contributed by atoms with Gasteiger partial charge in [-0.15, -0.1) is 0 Å². The van der Waals surface area contributed by atoms with Crippen LogP contribution in [0.4, 0.5) is 16.2 Å². The highest BCUT2D eigenvalue weighted by Gasteiger charge is 2.23. The van der Waals surface area contributed by atoms with E-state index in [0.717, 1.165) is 36.0 Å². The number of benzene rings is 2. The fourth-order valence-electron chi connectivity index (χ4n) is 3.45. The van der Waals surface area contributed by atoms with Crippen molar-refractivity contribution < 1.29 is 14.3 Å². The van der Waals surface area contributed by atoms with E-state index in [2.05, 4.69) is 43.1 Å². The second kappa shape index (κ2) is 8.64. The minimum atomic E-state index is -0.0603.